The molecule has 3 aromatic rings. The molecule has 0 aliphatic carbocycles. The van der Waals surface area contributed by atoms with E-state index in [1.807, 2.05) is 6.20 Å². The van der Waals surface area contributed by atoms with Crippen LogP contribution in [-0.4, -0.2) is 97.8 Å². The van der Waals surface area contributed by atoms with Crippen LogP contribution in [0.2, 0.25) is 0 Å². The van der Waals surface area contributed by atoms with Crippen molar-refractivity contribution in [2.24, 2.45) is 4.99 Å². The number of amidine groups is 1. The van der Waals surface area contributed by atoms with E-state index < -0.39 is 5.12 Å². The molecule has 3 N–H and O–H groups in total. The number of benzene rings is 2. The molecule has 3 atom stereocenters. The van der Waals surface area contributed by atoms with Crippen molar-refractivity contribution in [2.45, 2.75) is 43.5 Å². The predicted octanol–water partition coefficient (Wildman–Crippen LogP) is 3.66. The minimum atomic E-state index is -1.03. The summed E-state index contributed by atoms with van der Waals surface area (Å²) in [4.78, 5) is 9.70. The number of hydrogen-bond acceptors (Lipinski definition) is 9. The van der Waals surface area contributed by atoms with Crippen molar-refractivity contribution in [1.82, 2.24) is 30.6 Å². The number of aliphatic imine (C=N–C) groups is 1. The molecule has 1 aromatic heterocycles. The quantitative estimate of drug-likeness (QED) is 0.301. The number of halogens is 1. The Kier molecular flexibility index (Phi) is 7.28. The number of likely N-dealkylation sites (N-methyl/N-ethyl adjacent to an activating group) is 1. The van der Waals surface area contributed by atoms with Crippen LogP contribution in [0.3, 0.4) is 0 Å². The third-order valence-corrected chi connectivity index (χ3v) is 9.42. The number of nitrogens with zero attached hydrogens (tertiary/aromatic N) is 4. The maximum atomic E-state index is 7.62. The molecule has 218 valence electrons. The number of likely N-dealkylation sites (tertiary alicyclic amines) is 1. The Bertz CT molecular complexity index is 1450. The summed E-state index contributed by atoms with van der Waals surface area (Å²) in [7, 11) is 2.15. The van der Waals surface area contributed by atoms with E-state index in [4.69, 9.17) is 30.8 Å². The van der Waals surface area contributed by atoms with E-state index in [-0.39, 0.29) is 6.10 Å². The van der Waals surface area contributed by atoms with Gasteiger partial charge in [0.2, 0.25) is 5.12 Å². The average molecular weight is 580 g/mol. The van der Waals surface area contributed by atoms with Crippen molar-refractivity contribution in [3.8, 4) is 16.9 Å². The van der Waals surface area contributed by atoms with Gasteiger partial charge >= 0.3 is 0 Å². The fraction of sp³-hybridized carbons (Fsp3) is 0.533. The van der Waals surface area contributed by atoms with Crippen LogP contribution in [0.1, 0.15) is 30.4 Å². The molecule has 3 fully saturated rings. The third-order valence-electron chi connectivity index (χ3n) is 8.89. The van der Waals surface area contributed by atoms with Crippen molar-refractivity contribution < 1.29 is 14.2 Å². The van der Waals surface area contributed by atoms with E-state index >= 15 is 0 Å². The van der Waals surface area contributed by atoms with Gasteiger partial charge in [-0.15, -0.1) is 0 Å². The Morgan fingerprint density at radius 1 is 1.15 bits per heavy atom. The maximum Gasteiger partial charge on any atom is 0.292 e. The first-order valence-electron chi connectivity index (χ1n) is 14.7. The number of hydrogen-bond donors (Lipinski definition) is 3. The van der Waals surface area contributed by atoms with Gasteiger partial charge in [-0.25, -0.2) is 0 Å². The zero-order chi connectivity index (χ0) is 28.0. The van der Waals surface area contributed by atoms with Gasteiger partial charge in [0.05, 0.1) is 24.9 Å². The highest BCUT2D eigenvalue weighted by atomic mass is 35.5. The molecule has 2 unspecified atom stereocenters. The van der Waals surface area contributed by atoms with Gasteiger partial charge in [0.1, 0.15) is 18.4 Å². The second kappa shape index (κ2) is 11.1. The molecule has 5 heterocycles. The number of nitrogens with one attached hydrogen (secondary N) is 3. The lowest BCUT2D eigenvalue weighted by Gasteiger charge is -2.44. The SMILES string of the molecule is Cc1ccc2[nH]ncc2c1-c1ccc2c(c1OC1CCOC1)N=C(OC[C@@H]1CCCN1C)NC2(Cl)N1CCNCC1. The molecule has 4 aliphatic rings. The molecule has 10 nitrogen and oxygen atoms in total. The first-order valence-corrected chi connectivity index (χ1v) is 15.1. The van der Waals surface area contributed by atoms with Gasteiger partial charge in [-0.1, -0.05) is 23.7 Å². The Hall–Kier alpha value is -2.89. The van der Waals surface area contributed by atoms with E-state index in [0.29, 0.717) is 43.3 Å². The van der Waals surface area contributed by atoms with Gasteiger partial charge in [-0.3, -0.25) is 10.00 Å². The van der Waals surface area contributed by atoms with Gasteiger partial charge in [0.15, 0.2) is 5.75 Å². The largest absolute Gasteiger partial charge is 0.485 e. The van der Waals surface area contributed by atoms with E-state index in [9.17, 15) is 0 Å². The summed E-state index contributed by atoms with van der Waals surface area (Å²) in [6.45, 7) is 8.26. The number of piperazine rings is 1. The molecule has 3 saturated heterocycles. The lowest BCUT2D eigenvalue weighted by Crippen LogP contribution is -2.60. The molecule has 7 rings (SSSR count). The predicted molar refractivity (Wildman–Crippen MR) is 160 cm³/mol. The number of ether oxygens (including phenoxy) is 3. The molecule has 4 aliphatic heterocycles. The number of aromatic amines is 1. The first-order chi connectivity index (χ1) is 20.0. The molecule has 0 saturated carbocycles. The highest BCUT2D eigenvalue weighted by Crippen LogP contribution is 2.50. The van der Waals surface area contributed by atoms with Gasteiger partial charge in [-0.05, 0) is 56.6 Å². The van der Waals surface area contributed by atoms with Crippen molar-refractivity contribution in [3.05, 3.63) is 41.6 Å². The molecule has 0 bridgehead atoms. The molecule has 11 heteroatoms. The zero-order valence-corrected chi connectivity index (χ0v) is 24.5. The molecular weight excluding hydrogens is 542 g/mol. The monoisotopic (exact) mass is 579 g/mol. The molecular formula is C30H38ClN7O3. The van der Waals surface area contributed by atoms with Gasteiger partial charge in [-0.2, -0.15) is 10.1 Å². The van der Waals surface area contributed by atoms with E-state index in [1.54, 1.807) is 0 Å². The topological polar surface area (TPSA) is 99.3 Å². The summed E-state index contributed by atoms with van der Waals surface area (Å²) >= 11 is 7.62. The summed E-state index contributed by atoms with van der Waals surface area (Å²) in [5.74, 6) is 0.704. The highest BCUT2D eigenvalue weighted by molar-refractivity contribution is 6.25. The number of H-pyrrole nitrogens is 1. The molecule has 0 spiro atoms. The third kappa shape index (κ3) is 4.95. The van der Waals surface area contributed by atoms with E-state index in [2.05, 4.69) is 68.9 Å². The molecule has 41 heavy (non-hydrogen) atoms. The standard InChI is InChI=1S/C30H38ClN7O3/c1-19-5-8-25-23(16-33-36-25)26(19)22-6-7-24-27(28(22)41-21-9-15-39-18-21)34-29(40-17-20-4-3-12-37(20)2)35-30(24,31)38-13-10-32-11-14-38/h5-8,16,20-21,32H,3-4,9-15,17-18H2,1-2H3,(H,33,36)(H,34,35)/t20-,21?,30?/m0/s1. The Morgan fingerprint density at radius 3 is 2.80 bits per heavy atom. The second-order valence-electron chi connectivity index (χ2n) is 11.5. The Balaban J connectivity index is 1.38. The van der Waals surface area contributed by atoms with Crippen molar-refractivity contribution in [1.29, 1.82) is 0 Å². The number of rotatable bonds is 6. The summed E-state index contributed by atoms with van der Waals surface area (Å²) < 4.78 is 18.9. The molecule has 0 radical (unpaired) electrons. The maximum absolute atomic E-state index is 7.62. The smallest absolute Gasteiger partial charge is 0.292 e. The Labute approximate surface area is 245 Å². The summed E-state index contributed by atoms with van der Waals surface area (Å²) in [5.41, 5.74) is 5.70. The second-order valence-corrected chi connectivity index (χ2v) is 12.1. The zero-order valence-electron chi connectivity index (χ0n) is 23.7. The number of aryl methyl sites for hydroxylation is 1. The van der Waals surface area contributed by atoms with Crippen molar-refractivity contribution >= 4 is 34.2 Å². The average Bonchev–Trinajstić information content (AvgIpc) is 3.76. The first kappa shape index (κ1) is 27.0. The van der Waals surface area contributed by atoms with Crippen LogP contribution < -0.4 is 15.4 Å². The van der Waals surface area contributed by atoms with E-state index in [0.717, 1.165) is 78.7 Å². The van der Waals surface area contributed by atoms with Crippen LogP contribution >= 0.6 is 11.6 Å². The van der Waals surface area contributed by atoms with Crippen LogP contribution in [0, 0.1) is 6.92 Å². The molecule has 2 aromatic carbocycles. The summed E-state index contributed by atoms with van der Waals surface area (Å²) in [5, 5.41) is 14.4. The number of fused-ring (bicyclic) bond motifs is 2. The van der Waals surface area contributed by atoms with E-state index in [1.165, 1.54) is 6.42 Å². The summed E-state index contributed by atoms with van der Waals surface area (Å²) in [6.07, 6.45) is 4.91. The summed E-state index contributed by atoms with van der Waals surface area (Å²) in [6, 6.07) is 9.16. The van der Waals surface area contributed by atoms with Crippen LogP contribution in [0.25, 0.3) is 22.0 Å². The Morgan fingerprint density at radius 2 is 2.02 bits per heavy atom. The fourth-order valence-electron chi connectivity index (χ4n) is 6.52. The normalized spacial score (nSPS) is 27.0. The lowest BCUT2D eigenvalue weighted by molar-refractivity contribution is 0.109. The van der Waals surface area contributed by atoms with Crippen LogP contribution in [0.5, 0.6) is 5.75 Å². The number of aromatic nitrogens is 2. The minimum Gasteiger partial charge on any atom is -0.485 e. The van der Waals surface area contributed by atoms with Crippen molar-refractivity contribution in [3.63, 3.8) is 0 Å². The van der Waals surface area contributed by atoms with Crippen molar-refractivity contribution in [2.75, 3.05) is 59.6 Å². The molecule has 0 amide bonds. The van der Waals surface area contributed by atoms with Crippen LogP contribution in [-0.2, 0) is 14.6 Å². The lowest BCUT2D eigenvalue weighted by atomic mass is 9.93. The van der Waals surface area contributed by atoms with Gasteiger partial charge in [0, 0.05) is 55.2 Å². The van der Waals surface area contributed by atoms with Gasteiger partial charge < -0.3 is 29.7 Å². The van der Waals surface area contributed by atoms with Crippen LogP contribution in [0.4, 0.5) is 5.69 Å². The minimum absolute atomic E-state index is 0.0744. The number of alkyl halides is 1. The highest BCUT2D eigenvalue weighted by Gasteiger charge is 2.45. The fourth-order valence-corrected chi connectivity index (χ4v) is 6.92. The van der Waals surface area contributed by atoms with Gasteiger partial charge in [0.25, 0.3) is 6.02 Å². The van der Waals surface area contributed by atoms with Crippen LogP contribution in [0.15, 0.2) is 35.5 Å².